The van der Waals surface area contributed by atoms with Crippen LogP contribution >= 0.6 is 24.8 Å². The molecule has 0 saturated carbocycles. The van der Waals surface area contributed by atoms with Crippen LogP contribution in [0.3, 0.4) is 0 Å². The van der Waals surface area contributed by atoms with Gasteiger partial charge in [0, 0.05) is 0 Å². The molecule has 0 rings (SSSR count). The third kappa shape index (κ3) is 15.7. The molecule has 4 heteroatoms. The SMILES string of the molecule is CC(C)N=NC(C)C.Cl.Cl. The Labute approximate surface area is 75.3 Å². The Balaban J connectivity index is -0.000000245. The van der Waals surface area contributed by atoms with E-state index >= 15 is 0 Å². The summed E-state index contributed by atoms with van der Waals surface area (Å²) in [5.41, 5.74) is 0. The summed E-state index contributed by atoms with van der Waals surface area (Å²) in [7, 11) is 0. The van der Waals surface area contributed by atoms with Crippen molar-refractivity contribution in [2.75, 3.05) is 0 Å². The highest BCUT2D eigenvalue weighted by Gasteiger charge is 1.87. The van der Waals surface area contributed by atoms with E-state index in [9.17, 15) is 0 Å². The lowest BCUT2D eigenvalue weighted by molar-refractivity contribution is 0.678. The van der Waals surface area contributed by atoms with Crippen LogP contribution in [0.25, 0.3) is 0 Å². The first-order valence-corrected chi connectivity index (χ1v) is 3.03. The molecule has 0 amide bonds. The number of nitrogens with zero attached hydrogens (tertiary/aromatic N) is 2. The molecular formula is C6H16Cl2N2. The summed E-state index contributed by atoms with van der Waals surface area (Å²) in [6, 6.07) is 0.690. The zero-order valence-corrected chi connectivity index (χ0v) is 8.50. The molecule has 0 aromatic carbocycles. The van der Waals surface area contributed by atoms with Crippen LogP contribution in [-0.4, -0.2) is 12.1 Å². The summed E-state index contributed by atoms with van der Waals surface area (Å²) < 4.78 is 0. The van der Waals surface area contributed by atoms with Crippen LogP contribution in [0.5, 0.6) is 0 Å². The van der Waals surface area contributed by atoms with Crippen molar-refractivity contribution in [2.45, 2.75) is 39.8 Å². The molecule has 0 bridgehead atoms. The first-order chi connectivity index (χ1) is 3.63. The predicted molar refractivity (Wildman–Crippen MR) is 49.6 cm³/mol. The molecule has 0 aromatic rings. The second-order valence-electron chi connectivity index (χ2n) is 2.42. The van der Waals surface area contributed by atoms with E-state index in [-0.39, 0.29) is 24.8 Å². The fourth-order valence-corrected chi connectivity index (χ4v) is 0.267. The molecule has 0 spiro atoms. The second kappa shape index (κ2) is 9.18. The van der Waals surface area contributed by atoms with Crippen LogP contribution in [0.4, 0.5) is 0 Å². The van der Waals surface area contributed by atoms with Crippen LogP contribution in [-0.2, 0) is 0 Å². The molecule has 64 valence electrons. The first-order valence-electron chi connectivity index (χ1n) is 3.03. The molecule has 10 heavy (non-hydrogen) atoms. The molecule has 0 aliphatic carbocycles. The van der Waals surface area contributed by atoms with E-state index in [2.05, 4.69) is 10.2 Å². The van der Waals surface area contributed by atoms with Crippen LogP contribution < -0.4 is 0 Å². The minimum Gasteiger partial charge on any atom is -0.191 e. The lowest BCUT2D eigenvalue weighted by Gasteiger charge is -1.94. The Morgan fingerprint density at radius 3 is 1.00 bits per heavy atom. The zero-order chi connectivity index (χ0) is 6.57. The first kappa shape index (κ1) is 16.6. The largest absolute Gasteiger partial charge is 0.191 e. The maximum atomic E-state index is 3.95. The van der Waals surface area contributed by atoms with E-state index < -0.39 is 0 Å². The van der Waals surface area contributed by atoms with Gasteiger partial charge in [0.15, 0.2) is 0 Å². The molecule has 0 saturated heterocycles. The molecule has 0 radical (unpaired) electrons. The number of rotatable bonds is 2. The van der Waals surface area contributed by atoms with Gasteiger partial charge < -0.3 is 0 Å². The highest BCUT2D eigenvalue weighted by Crippen LogP contribution is 1.91. The van der Waals surface area contributed by atoms with Crippen molar-refractivity contribution in [3.63, 3.8) is 0 Å². The maximum absolute atomic E-state index is 3.95. The van der Waals surface area contributed by atoms with Gasteiger partial charge in [0.1, 0.15) is 0 Å². The third-order valence-electron chi connectivity index (χ3n) is 0.529. The minimum absolute atomic E-state index is 0. The molecule has 0 aliphatic heterocycles. The molecule has 0 aromatic heterocycles. The number of hydrogen-bond acceptors (Lipinski definition) is 2. The van der Waals surface area contributed by atoms with Crippen molar-refractivity contribution >= 4 is 24.8 Å². The standard InChI is InChI=1S/C6H14N2.2ClH/c1-5(2)7-8-6(3)4;;/h5-6H,1-4H3;2*1H. The molecule has 0 fully saturated rings. The van der Waals surface area contributed by atoms with Gasteiger partial charge in [-0.25, -0.2) is 0 Å². The Hall–Kier alpha value is 0.180. The smallest absolute Gasteiger partial charge is 0.0652 e. The summed E-state index contributed by atoms with van der Waals surface area (Å²) in [5, 5.41) is 7.90. The quantitative estimate of drug-likeness (QED) is 0.593. The van der Waals surface area contributed by atoms with E-state index in [0.717, 1.165) is 0 Å². The molecule has 0 heterocycles. The van der Waals surface area contributed by atoms with Crippen molar-refractivity contribution in [3.8, 4) is 0 Å². The monoisotopic (exact) mass is 186 g/mol. The predicted octanol–water partition coefficient (Wildman–Crippen LogP) is 3.10. The summed E-state index contributed by atoms with van der Waals surface area (Å²) in [5.74, 6) is 0. The van der Waals surface area contributed by atoms with Gasteiger partial charge in [0.05, 0.1) is 12.1 Å². The van der Waals surface area contributed by atoms with Crippen molar-refractivity contribution in [1.29, 1.82) is 0 Å². The van der Waals surface area contributed by atoms with E-state index in [0.29, 0.717) is 12.1 Å². The highest BCUT2D eigenvalue weighted by atomic mass is 35.5. The minimum atomic E-state index is 0. The van der Waals surface area contributed by atoms with E-state index in [1.807, 2.05) is 27.7 Å². The van der Waals surface area contributed by atoms with Gasteiger partial charge in [-0.15, -0.1) is 24.8 Å². The van der Waals surface area contributed by atoms with Gasteiger partial charge in [0.2, 0.25) is 0 Å². The molecule has 0 unspecified atom stereocenters. The Morgan fingerprint density at radius 1 is 0.700 bits per heavy atom. The van der Waals surface area contributed by atoms with Crippen molar-refractivity contribution in [3.05, 3.63) is 0 Å². The van der Waals surface area contributed by atoms with E-state index in [4.69, 9.17) is 0 Å². The van der Waals surface area contributed by atoms with Gasteiger partial charge in [-0.05, 0) is 27.7 Å². The maximum Gasteiger partial charge on any atom is 0.0652 e. The Morgan fingerprint density at radius 2 is 0.900 bits per heavy atom. The molecule has 0 aliphatic rings. The Kier molecular flexibility index (Phi) is 15.3. The average molecular weight is 187 g/mol. The van der Waals surface area contributed by atoms with Gasteiger partial charge in [0.25, 0.3) is 0 Å². The van der Waals surface area contributed by atoms with Crippen LogP contribution in [0.2, 0.25) is 0 Å². The zero-order valence-electron chi connectivity index (χ0n) is 6.87. The van der Waals surface area contributed by atoms with E-state index in [1.54, 1.807) is 0 Å². The lowest BCUT2D eigenvalue weighted by atomic mass is 10.4. The molecular weight excluding hydrogens is 171 g/mol. The second-order valence-corrected chi connectivity index (χ2v) is 2.42. The normalized spacial score (nSPS) is 9.80. The summed E-state index contributed by atoms with van der Waals surface area (Å²) >= 11 is 0. The molecule has 0 atom stereocenters. The molecule has 2 nitrogen and oxygen atoms in total. The fraction of sp³-hybridized carbons (Fsp3) is 1.00. The Bertz CT molecular complexity index is 71.8. The lowest BCUT2D eigenvalue weighted by Crippen LogP contribution is -1.90. The van der Waals surface area contributed by atoms with Crippen LogP contribution in [0, 0.1) is 0 Å². The number of hydrogen-bond donors (Lipinski definition) is 0. The average Bonchev–Trinajstić information content (AvgIpc) is 1.61. The highest BCUT2D eigenvalue weighted by molar-refractivity contribution is 5.85. The molecule has 0 N–H and O–H groups in total. The van der Waals surface area contributed by atoms with Gasteiger partial charge in [-0.1, -0.05) is 0 Å². The van der Waals surface area contributed by atoms with Gasteiger partial charge in [-0.2, -0.15) is 10.2 Å². The summed E-state index contributed by atoms with van der Waals surface area (Å²) in [4.78, 5) is 0. The van der Waals surface area contributed by atoms with Crippen LogP contribution in [0.1, 0.15) is 27.7 Å². The topological polar surface area (TPSA) is 24.7 Å². The van der Waals surface area contributed by atoms with Crippen molar-refractivity contribution in [1.82, 2.24) is 0 Å². The number of halogens is 2. The summed E-state index contributed by atoms with van der Waals surface area (Å²) in [6.45, 7) is 8.08. The van der Waals surface area contributed by atoms with E-state index in [1.165, 1.54) is 0 Å². The fourth-order valence-electron chi connectivity index (χ4n) is 0.267. The van der Waals surface area contributed by atoms with Crippen LogP contribution in [0.15, 0.2) is 10.2 Å². The van der Waals surface area contributed by atoms with Crippen molar-refractivity contribution in [2.24, 2.45) is 10.2 Å². The van der Waals surface area contributed by atoms with Crippen molar-refractivity contribution < 1.29 is 0 Å². The van der Waals surface area contributed by atoms with Gasteiger partial charge in [-0.3, -0.25) is 0 Å². The third-order valence-corrected chi connectivity index (χ3v) is 0.529. The summed E-state index contributed by atoms with van der Waals surface area (Å²) in [6.07, 6.45) is 0. The number of azo groups is 1. The van der Waals surface area contributed by atoms with Gasteiger partial charge >= 0.3 is 0 Å².